The molecule has 1 unspecified atom stereocenters. The van der Waals surface area contributed by atoms with Crippen LogP contribution in [-0.4, -0.2) is 21.6 Å². The topological polar surface area (TPSA) is 60.9 Å². The molecule has 0 fully saturated rings. The first-order chi connectivity index (χ1) is 7.07. The molecule has 0 amide bonds. The van der Waals surface area contributed by atoms with Crippen molar-refractivity contribution >= 4 is 5.78 Å². The summed E-state index contributed by atoms with van der Waals surface area (Å²) in [6, 6.07) is 1.30. The number of Topliss-reactive ketones (excluding diaryl/α,β-unsaturated/α-hetero) is 1. The Balaban J connectivity index is 2.86. The molecule has 0 bridgehead atoms. The lowest BCUT2D eigenvalue weighted by Gasteiger charge is -2.14. The predicted molar refractivity (Wildman–Crippen MR) is 59.7 cm³/mol. The fourth-order valence-corrected chi connectivity index (χ4v) is 1.41. The van der Waals surface area contributed by atoms with Crippen molar-refractivity contribution in [2.75, 3.05) is 0 Å². The van der Waals surface area contributed by atoms with Crippen LogP contribution in [0.3, 0.4) is 0 Å². The molecule has 1 aromatic rings. The second kappa shape index (κ2) is 5.07. The highest BCUT2D eigenvalue weighted by Gasteiger charge is 2.21. The van der Waals surface area contributed by atoms with E-state index in [0.717, 1.165) is 13.0 Å². The Labute approximate surface area is 90.5 Å². The first kappa shape index (κ1) is 11.9. The van der Waals surface area contributed by atoms with Gasteiger partial charge in [0.05, 0.1) is 6.04 Å². The maximum Gasteiger partial charge on any atom is 0.197 e. The first-order valence-electron chi connectivity index (χ1n) is 5.39. The van der Waals surface area contributed by atoms with E-state index in [1.807, 2.05) is 13.8 Å². The molecule has 0 radical (unpaired) electrons. The van der Waals surface area contributed by atoms with Crippen molar-refractivity contribution in [3.05, 3.63) is 18.0 Å². The van der Waals surface area contributed by atoms with Crippen molar-refractivity contribution in [1.82, 2.24) is 9.78 Å². The molecule has 4 heteroatoms. The zero-order chi connectivity index (χ0) is 11.4. The number of carbonyl (C=O) groups excluding carboxylic acids is 1. The SMILES string of the molecule is CCCn1nccc1C(=O)C(N)C(C)C. The largest absolute Gasteiger partial charge is 0.321 e. The molecule has 0 saturated carbocycles. The van der Waals surface area contributed by atoms with E-state index < -0.39 is 6.04 Å². The van der Waals surface area contributed by atoms with E-state index in [1.165, 1.54) is 0 Å². The number of ketones is 1. The molecule has 1 aromatic heterocycles. The van der Waals surface area contributed by atoms with E-state index in [2.05, 4.69) is 12.0 Å². The summed E-state index contributed by atoms with van der Waals surface area (Å²) >= 11 is 0. The number of nitrogens with zero attached hydrogens (tertiary/aromatic N) is 2. The Hall–Kier alpha value is -1.16. The highest BCUT2D eigenvalue weighted by atomic mass is 16.1. The summed E-state index contributed by atoms with van der Waals surface area (Å²) in [5.74, 6) is 0.137. The smallest absolute Gasteiger partial charge is 0.197 e. The van der Waals surface area contributed by atoms with Crippen LogP contribution in [-0.2, 0) is 6.54 Å². The van der Waals surface area contributed by atoms with Gasteiger partial charge in [-0.3, -0.25) is 9.48 Å². The summed E-state index contributed by atoms with van der Waals surface area (Å²) in [5, 5.41) is 4.11. The highest BCUT2D eigenvalue weighted by Crippen LogP contribution is 2.08. The van der Waals surface area contributed by atoms with E-state index in [9.17, 15) is 4.79 Å². The van der Waals surface area contributed by atoms with Crippen molar-refractivity contribution in [2.45, 2.75) is 39.8 Å². The lowest BCUT2D eigenvalue weighted by Crippen LogP contribution is -2.36. The van der Waals surface area contributed by atoms with Gasteiger partial charge < -0.3 is 5.73 Å². The third kappa shape index (κ3) is 2.65. The second-order valence-electron chi connectivity index (χ2n) is 4.07. The van der Waals surface area contributed by atoms with Crippen molar-refractivity contribution in [3.8, 4) is 0 Å². The molecule has 2 N–H and O–H groups in total. The number of nitrogens with two attached hydrogens (primary N) is 1. The molecule has 1 heterocycles. The molecular weight excluding hydrogens is 190 g/mol. The molecule has 1 rings (SSSR count). The van der Waals surface area contributed by atoms with E-state index in [0.29, 0.717) is 5.69 Å². The van der Waals surface area contributed by atoms with E-state index in [1.54, 1.807) is 16.9 Å². The van der Waals surface area contributed by atoms with Crippen LogP contribution in [0.25, 0.3) is 0 Å². The summed E-state index contributed by atoms with van der Waals surface area (Å²) < 4.78 is 1.73. The van der Waals surface area contributed by atoms with Crippen LogP contribution in [0.2, 0.25) is 0 Å². The average Bonchev–Trinajstić information content (AvgIpc) is 2.64. The van der Waals surface area contributed by atoms with Gasteiger partial charge in [-0.05, 0) is 18.4 Å². The molecule has 0 saturated heterocycles. The number of carbonyl (C=O) groups is 1. The molecule has 4 nitrogen and oxygen atoms in total. The minimum atomic E-state index is -0.433. The third-order valence-corrected chi connectivity index (χ3v) is 2.43. The molecule has 0 aliphatic carbocycles. The van der Waals surface area contributed by atoms with Crippen LogP contribution in [0.15, 0.2) is 12.3 Å². The molecule has 84 valence electrons. The van der Waals surface area contributed by atoms with Crippen LogP contribution in [0.5, 0.6) is 0 Å². The van der Waals surface area contributed by atoms with Crippen LogP contribution < -0.4 is 5.73 Å². The zero-order valence-corrected chi connectivity index (χ0v) is 9.60. The summed E-state index contributed by atoms with van der Waals surface area (Å²) in [6.45, 7) is 6.71. The monoisotopic (exact) mass is 209 g/mol. The normalized spacial score (nSPS) is 13.1. The summed E-state index contributed by atoms with van der Waals surface area (Å²) in [5.41, 5.74) is 6.45. The number of aromatic nitrogens is 2. The molecule has 0 aliphatic rings. The van der Waals surface area contributed by atoms with E-state index >= 15 is 0 Å². The van der Waals surface area contributed by atoms with Crippen molar-refractivity contribution in [2.24, 2.45) is 11.7 Å². The van der Waals surface area contributed by atoms with Crippen LogP contribution >= 0.6 is 0 Å². The molecule has 1 atom stereocenters. The molecule has 15 heavy (non-hydrogen) atoms. The lowest BCUT2D eigenvalue weighted by molar-refractivity contribution is 0.0929. The Kier molecular flexibility index (Phi) is 4.03. The number of hydrogen-bond donors (Lipinski definition) is 1. The van der Waals surface area contributed by atoms with Gasteiger partial charge in [0.1, 0.15) is 5.69 Å². The third-order valence-electron chi connectivity index (χ3n) is 2.43. The van der Waals surface area contributed by atoms with Crippen LogP contribution in [0.1, 0.15) is 37.7 Å². The van der Waals surface area contributed by atoms with Crippen molar-refractivity contribution in [1.29, 1.82) is 0 Å². The Bertz CT molecular complexity index is 330. The van der Waals surface area contributed by atoms with Gasteiger partial charge in [0, 0.05) is 12.7 Å². The maximum absolute atomic E-state index is 12.0. The van der Waals surface area contributed by atoms with Gasteiger partial charge in [0.15, 0.2) is 5.78 Å². The van der Waals surface area contributed by atoms with Gasteiger partial charge in [0.2, 0.25) is 0 Å². The minimum Gasteiger partial charge on any atom is -0.321 e. The van der Waals surface area contributed by atoms with Gasteiger partial charge in [-0.2, -0.15) is 5.10 Å². The number of rotatable bonds is 5. The quantitative estimate of drug-likeness (QED) is 0.747. The average molecular weight is 209 g/mol. The number of aryl methyl sites for hydroxylation is 1. The fourth-order valence-electron chi connectivity index (χ4n) is 1.41. The van der Waals surface area contributed by atoms with Crippen molar-refractivity contribution in [3.63, 3.8) is 0 Å². The van der Waals surface area contributed by atoms with Crippen LogP contribution in [0, 0.1) is 5.92 Å². The summed E-state index contributed by atoms with van der Waals surface area (Å²) in [6.07, 6.45) is 2.61. The van der Waals surface area contributed by atoms with Crippen molar-refractivity contribution < 1.29 is 4.79 Å². The lowest BCUT2D eigenvalue weighted by atomic mass is 9.99. The van der Waals surface area contributed by atoms with Crippen LogP contribution in [0.4, 0.5) is 0 Å². The Morgan fingerprint density at radius 1 is 1.60 bits per heavy atom. The first-order valence-corrected chi connectivity index (χ1v) is 5.39. The fraction of sp³-hybridized carbons (Fsp3) is 0.636. The van der Waals surface area contributed by atoms with Gasteiger partial charge in [-0.1, -0.05) is 20.8 Å². The minimum absolute atomic E-state index is 0.0176. The predicted octanol–water partition coefficient (Wildman–Crippen LogP) is 1.46. The Morgan fingerprint density at radius 2 is 2.27 bits per heavy atom. The molecule has 0 aromatic carbocycles. The maximum atomic E-state index is 12.0. The van der Waals surface area contributed by atoms with Gasteiger partial charge in [-0.15, -0.1) is 0 Å². The van der Waals surface area contributed by atoms with Gasteiger partial charge in [0.25, 0.3) is 0 Å². The zero-order valence-electron chi connectivity index (χ0n) is 9.60. The Morgan fingerprint density at radius 3 is 2.80 bits per heavy atom. The summed E-state index contributed by atoms with van der Waals surface area (Å²) in [7, 11) is 0. The summed E-state index contributed by atoms with van der Waals surface area (Å²) in [4.78, 5) is 12.0. The van der Waals surface area contributed by atoms with Gasteiger partial charge >= 0.3 is 0 Å². The van der Waals surface area contributed by atoms with E-state index in [4.69, 9.17) is 5.73 Å². The second-order valence-corrected chi connectivity index (χ2v) is 4.07. The highest BCUT2D eigenvalue weighted by molar-refractivity contribution is 5.98. The van der Waals surface area contributed by atoms with Gasteiger partial charge in [-0.25, -0.2) is 0 Å². The standard InChI is InChI=1S/C11H19N3O/c1-4-7-14-9(5-6-13-14)11(15)10(12)8(2)3/h5-6,8,10H,4,7,12H2,1-3H3. The molecular formula is C11H19N3O. The molecule has 0 spiro atoms. The molecule has 0 aliphatic heterocycles. The number of hydrogen-bond acceptors (Lipinski definition) is 3. The van der Waals surface area contributed by atoms with E-state index in [-0.39, 0.29) is 11.7 Å².